The zero-order valence-corrected chi connectivity index (χ0v) is 14.1. The van der Waals surface area contributed by atoms with E-state index in [0.29, 0.717) is 13.0 Å². The van der Waals surface area contributed by atoms with Crippen LogP contribution in [0.2, 0.25) is 0 Å². The summed E-state index contributed by atoms with van der Waals surface area (Å²) < 4.78 is 0. The third kappa shape index (κ3) is 4.79. The van der Waals surface area contributed by atoms with Gasteiger partial charge in [-0.1, -0.05) is 18.2 Å². The number of carbonyl (C=O) groups is 2. The van der Waals surface area contributed by atoms with E-state index in [9.17, 15) is 9.59 Å². The van der Waals surface area contributed by atoms with E-state index in [0.717, 1.165) is 18.5 Å². The Hall–Kier alpha value is -1.88. The summed E-state index contributed by atoms with van der Waals surface area (Å²) in [6.07, 6.45) is 1.53. The first-order chi connectivity index (χ1) is 10.9. The Kier molecular flexibility index (Phi) is 5.77. The van der Waals surface area contributed by atoms with Crippen molar-refractivity contribution in [3.8, 4) is 0 Å². The van der Waals surface area contributed by atoms with Crippen LogP contribution in [0.1, 0.15) is 42.5 Å². The van der Waals surface area contributed by atoms with Crippen molar-refractivity contribution in [2.75, 3.05) is 19.6 Å². The Morgan fingerprint density at radius 2 is 2.09 bits per heavy atom. The predicted octanol–water partition coefficient (Wildman–Crippen LogP) is 2.28. The predicted molar refractivity (Wildman–Crippen MR) is 89.3 cm³/mol. The lowest BCUT2D eigenvalue weighted by Crippen LogP contribution is -2.44. The molecule has 1 aromatic rings. The molecule has 5 heteroatoms. The molecule has 0 spiro atoms. The monoisotopic (exact) mass is 318 g/mol. The summed E-state index contributed by atoms with van der Waals surface area (Å²) in [6, 6.07) is 6.15. The maximum atomic E-state index is 12.2. The summed E-state index contributed by atoms with van der Waals surface area (Å²) in [6.45, 7) is 7.61. The van der Waals surface area contributed by atoms with Crippen LogP contribution in [-0.2, 0) is 9.59 Å². The van der Waals surface area contributed by atoms with E-state index >= 15 is 0 Å². The van der Waals surface area contributed by atoms with Crippen LogP contribution in [0.5, 0.6) is 0 Å². The van der Waals surface area contributed by atoms with Crippen LogP contribution in [-0.4, -0.2) is 41.5 Å². The molecule has 2 rings (SSSR count). The minimum absolute atomic E-state index is 0.0538. The highest BCUT2D eigenvalue weighted by Gasteiger charge is 2.26. The summed E-state index contributed by atoms with van der Waals surface area (Å²) in [7, 11) is 0. The molecule has 1 saturated heterocycles. The Bertz CT molecular complexity index is 586. The summed E-state index contributed by atoms with van der Waals surface area (Å²) in [4.78, 5) is 25.2. The number of aliphatic carboxylic acids is 1. The summed E-state index contributed by atoms with van der Waals surface area (Å²) in [5, 5.41) is 12.1. The molecule has 126 valence electrons. The molecule has 1 aromatic carbocycles. The number of likely N-dealkylation sites (tertiary alicyclic amines) is 1. The molecule has 5 nitrogen and oxygen atoms in total. The molecule has 1 aliphatic heterocycles. The molecule has 23 heavy (non-hydrogen) atoms. The zero-order chi connectivity index (χ0) is 17.0. The van der Waals surface area contributed by atoms with Crippen molar-refractivity contribution in [1.29, 1.82) is 0 Å². The number of piperidine rings is 1. The molecule has 1 amide bonds. The lowest BCUT2D eigenvalue weighted by molar-refractivity contribution is -0.144. The van der Waals surface area contributed by atoms with Crippen molar-refractivity contribution in [1.82, 2.24) is 10.2 Å². The number of hydrogen-bond acceptors (Lipinski definition) is 3. The molecule has 0 aromatic heterocycles. The summed E-state index contributed by atoms with van der Waals surface area (Å²) >= 11 is 0. The van der Waals surface area contributed by atoms with Crippen molar-refractivity contribution in [3.63, 3.8) is 0 Å². The van der Waals surface area contributed by atoms with Crippen LogP contribution in [0, 0.1) is 19.8 Å². The number of hydrogen-bond donors (Lipinski definition) is 2. The maximum absolute atomic E-state index is 12.2. The van der Waals surface area contributed by atoms with E-state index < -0.39 is 5.97 Å². The second-order valence-electron chi connectivity index (χ2n) is 6.55. The fraction of sp³-hybridized carbons (Fsp3) is 0.556. The average Bonchev–Trinajstić information content (AvgIpc) is 2.50. The number of aryl methyl sites for hydroxylation is 2. The first-order valence-electron chi connectivity index (χ1n) is 8.18. The minimum atomic E-state index is -0.765. The number of carboxylic acid groups (broad SMARTS) is 1. The number of nitrogens with one attached hydrogen (secondary N) is 1. The van der Waals surface area contributed by atoms with Gasteiger partial charge in [0.25, 0.3) is 0 Å². The van der Waals surface area contributed by atoms with Gasteiger partial charge in [0.1, 0.15) is 0 Å². The van der Waals surface area contributed by atoms with Crippen molar-refractivity contribution in [3.05, 3.63) is 34.9 Å². The fourth-order valence-electron chi connectivity index (χ4n) is 3.01. The number of benzene rings is 1. The number of carboxylic acids is 1. The van der Waals surface area contributed by atoms with Gasteiger partial charge in [-0.05, 0) is 56.8 Å². The first kappa shape index (κ1) is 17.5. The van der Waals surface area contributed by atoms with Crippen LogP contribution in [0.15, 0.2) is 18.2 Å². The average molecular weight is 318 g/mol. The normalized spacial score (nSPS) is 20.0. The quantitative estimate of drug-likeness (QED) is 0.874. The molecule has 0 aliphatic carbocycles. The molecule has 0 bridgehead atoms. The van der Waals surface area contributed by atoms with Gasteiger partial charge in [0.05, 0.1) is 18.5 Å². The lowest BCUT2D eigenvalue weighted by Gasteiger charge is -2.30. The van der Waals surface area contributed by atoms with Gasteiger partial charge in [-0.3, -0.25) is 14.5 Å². The largest absolute Gasteiger partial charge is 0.481 e. The Morgan fingerprint density at radius 1 is 1.35 bits per heavy atom. The van der Waals surface area contributed by atoms with E-state index in [1.807, 2.05) is 17.9 Å². The molecular weight excluding hydrogens is 292 g/mol. The van der Waals surface area contributed by atoms with Gasteiger partial charge in [-0.2, -0.15) is 0 Å². The third-order valence-electron chi connectivity index (χ3n) is 4.63. The van der Waals surface area contributed by atoms with Crippen LogP contribution >= 0.6 is 0 Å². The number of rotatable bonds is 5. The topological polar surface area (TPSA) is 69.6 Å². The first-order valence-corrected chi connectivity index (χ1v) is 8.18. The Balaban J connectivity index is 1.88. The van der Waals surface area contributed by atoms with E-state index in [2.05, 4.69) is 31.3 Å². The van der Waals surface area contributed by atoms with Crippen LogP contribution in [0.4, 0.5) is 0 Å². The molecule has 1 heterocycles. The van der Waals surface area contributed by atoms with E-state index in [-0.39, 0.29) is 24.4 Å². The minimum Gasteiger partial charge on any atom is -0.481 e. The second kappa shape index (κ2) is 7.59. The summed E-state index contributed by atoms with van der Waals surface area (Å²) in [5.41, 5.74) is 3.53. The highest BCUT2D eigenvalue weighted by molar-refractivity contribution is 5.78. The number of nitrogens with zero attached hydrogens (tertiary/aromatic N) is 1. The van der Waals surface area contributed by atoms with Crippen molar-refractivity contribution < 1.29 is 14.7 Å². The van der Waals surface area contributed by atoms with Gasteiger partial charge in [-0.25, -0.2) is 0 Å². The highest BCUT2D eigenvalue weighted by atomic mass is 16.4. The van der Waals surface area contributed by atoms with Gasteiger partial charge in [0.2, 0.25) is 5.91 Å². The van der Waals surface area contributed by atoms with Crippen LogP contribution in [0.3, 0.4) is 0 Å². The van der Waals surface area contributed by atoms with Gasteiger partial charge in [-0.15, -0.1) is 0 Å². The molecule has 1 aliphatic rings. The molecule has 1 fully saturated rings. The molecule has 0 radical (unpaired) electrons. The van der Waals surface area contributed by atoms with Crippen molar-refractivity contribution in [2.24, 2.45) is 5.92 Å². The van der Waals surface area contributed by atoms with Gasteiger partial charge >= 0.3 is 5.97 Å². The third-order valence-corrected chi connectivity index (χ3v) is 4.63. The molecular formula is C18H26N2O3. The molecule has 2 atom stereocenters. The van der Waals surface area contributed by atoms with E-state index in [1.165, 1.54) is 11.1 Å². The maximum Gasteiger partial charge on any atom is 0.307 e. The zero-order valence-electron chi connectivity index (χ0n) is 14.1. The SMILES string of the molecule is Cc1ccc(C(C)NC(=O)CN2CCCC(C(=O)O)C2)cc1C. The van der Waals surface area contributed by atoms with Gasteiger partial charge in [0.15, 0.2) is 0 Å². The van der Waals surface area contributed by atoms with Crippen molar-refractivity contribution >= 4 is 11.9 Å². The van der Waals surface area contributed by atoms with Crippen LogP contribution in [0.25, 0.3) is 0 Å². The van der Waals surface area contributed by atoms with Gasteiger partial charge in [0, 0.05) is 6.54 Å². The van der Waals surface area contributed by atoms with E-state index in [4.69, 9.17) is 5.11 Å². The standard InChI is InChI=1S/C18H26N2O3/c1-12-6-7-15(9-13(12)2)14(3)19-17(21)11-20-8-4-5-16(10-20)18(22)23/h6-7,9,14,16H,4-5,8,10-11H2,1-3H3,(H,19,21)(H,22,23). The fourth-order valence-corrected chi connectivity index (χ4v) is 3.01. The molecule has 2 N–H and O–H groups in total. The molecule has 0 saturated carbocycles. The number of amides is 1. The van der Waals surface area contributed by atoms with E-state index in [1.54, 1.807) is 0 Å². The Labute approximate surface area is 137 Å². The Morgan fingerprint density at radius 3 is 2.74 bits per heavy atom. The van der Waals surface area contributed by atoms with Crippen molar-refractivity contribution in [2.45, 2.75) is 39.7 Å². The van der Waals surface area contributed by atoms with Crippen LogP contribution < -0.4 is 5.32 Å². The number of carbonyl (C=O) groups excluding carboxylic acids is 1. The molecule has 2 unspecified atom stereocenters. The smallest absolute Gasteiger partial charge is 0.307 e. The lowest BCUT2D eigenvalue weighted by atomic mass is 9.98. The highest BCUT2D eigenvalue weighted by Crippen LogP contribution is 2.18. The van der Waals surface area contributed by atoms with Gasteiger partial charge < -0.3 is 10.4 Å². The summed E-state index contributed by atoms with van der Waals surface area (Å²) in [5.74, 6) is -1.17. The second-order valence-corrected chi connectivity index (χ2v) is 6.55.